The predicted molar refractivity (Wildman–Crippen MR) is 87.4 cm³/mol. The van der Waals surface area contributed by atoms with E-state index in [1.165, 1.54) is 51.7 Å². The van der Waals surface area contributed by atoms with Crippen molar-refractivity contribution in [3.8, 4) is 17.2 Å². The molecule has 2 amide bonds. The molecule has 132 valence electrons. The molecular weight excluding hydrogens is 331 g/mol. The largest absolute Gasteiger partial charge is 0.493 e. The van der Waals surface area contributed by atoms with E-state index in [1.54, 1.807) is 0 Å². The van der Waals surface area contributed by atoms with Gasteiger partial charge in [0.1, 0.15) is 5.82 Å². The Morgan fingerprint density at radius 1 is 0.800 bits per heavy atom. The average Bonchev–Trinajstić information content (AvgIpc) is 2.64. The second-order valence-corrected chi connectivity index (χ2v) is 4.77. The second-order valence-electron chi connectivity index (χ2n) is 4.77. The first-order valence-corrected chi connectivity index (χ1v) is 7.17. The summed E-state index contributed by atoms with van der Waals surface area (Å²) in [5.41, 5.74) is 4.27. The van der Waals surface area contributed by atoms with Crippen LogP contribution in [-0.4, -0.2) is 33.1 Å². The van der Waals surface area contributed by atoms with Gasteiger partial charge in [0.25, 0.3) is 11.8 Å². The van der Waals surface area contributed by atoms with Crippen molar-refractivity contribution in [1.29, 1.82) is 0 Å². The average molecular weight is 348 g/mol. The zero-order valence-corrected chi connectivity index (χ0v) is 13.9. The highest BCUT2D eigenvalue weighted by atomic mass is 19.1. The minimum Gasteiger partial charge on any atom is -0.493 e. The maximum Gasteiger partial charge on any atom is 0.273 e. The van der Waals surface area contributed by atoms with E-state index in [2.05, 4.69) is 10.9 Å². The summed E-state index contributed by atoms with van der Waals surface area (Å²) >= 11 is 0. The van der Waals surface area contributed by atoms with E-state index in [-0.39, 0.29) is 22.6 Å². The summed E-state index contributed by atoms with van der Waals surface area (Å²) in [5, 5.41) is 0. The first kappa shape index (κ1) is 18.1. The minimum absolute atomic E-state index is 0.106. The van der Waals surface area contributed by atoms with Crippen molar-refractivity contribution in [2.45, 2.75) is 0 Å². The van der Waals surface area contributed by atoms with Gasteiger partial charge in [0.2, 0.25) is 5.75 Å². The number of carbonyl (C=O) groups is 2. The first-order valence-electron chi connectivity index (χ1n) is 7.17. The van der Waals surface area contributed by atoms with Crippen LogP contribution in [0.15, 0.2) is 36.4 Å². The lowest BCUT2D eigenvalue weighted by Crippen LogP contribution is -2.42. The van der Waals surface area contributed by atoms with Gasteiger partial charge < -0.3 is 14.2 Å². The van der Waals surface area contributed by atoms with Crippen molar-refractivity contribution in [2.24, 2.45) is 0 Å². The summed E-state index contributed by atoms with van der Waals surface area (Å²) in [6.45, 7) is 0. The zero-order valence-electron chi connectivity index (χ0n) is 13.9. The smallest absolute Gasteiger partial charge is 0.273 e. The van der Waals surface area contributed by atoms with Crippen LogP contribution in [0.5, 0.6) is 17.2 Å². The maximum atomic E-state index is 13.6. The number of benzene rings is 2. The van der Waals surface area contributed by atoms with Crippen LogP contribution in [0, 0.1) is 5.82 Å². The van der Waals surface area contributed by atoms with Crippen LogP contribution in [-0.2, 0) is 0 Å². The topological polar surface area (TPSA) is 85.9 Å². The monoisotopic (exact) mass is 348 g/mol. The van der Waals surface area contributed by atoms with Crippen LogP contribution in [0.25, 0.3) is 0 Å². The lowest BCUT2D eigenvalue weighted by Gasteiger charge is -2.15. The van der Waals surface area contributed by atoms with Gasteiger partial charge in [0.05, 0.1) is 32.5 Å². The third-order valence-corrected chi connectivity index (χ3v) is 3.36. The number of ether oxygens (including phenoxy) is 3. The number of halogens is 1. The molecule has 0 aliphatic rings. The van der Waals surface area contributed by atoms with Crippen molar-refractivity contribution in [1.82, 2.24) is 10.9 Å². The van der Waals surface area contributed by atoms with Crippen LogP contribution in [0.2, 0.25) is 0 Å². The number of hydrazine groups is 1. The van der Waals surface area contributed by atoms with Gasteiger partial charge in [-0.15, -0.1) is 0 Å². The van der Waals surface area contributed by atoms with Gasteiger partial charge in [-0.2, -0.15) is 0 Å². The predicted octanol–water partition coefficient (Wildman–Crippen LogP) is 1.93. The van der Waals surface area contributed by atoms with Gasteiger partial charge in [-0.1, -0.05) is 12.1 Å². The summed E-state index contributed by atoms with van der Waals surface area (Å²) in [4.78, 5) is 24.3. The molecule has 0 fully saturated rings. The van der Waals surface area contributed by atoms with Gasteiger partial charge in [-0.3, -0.25) is 20.4 Å². The van der Waals surface area contributed by atoms with Gasteiger partial charge in [0.15, 0.2) is 11.5 Å². The molecule has 2 aromatic carbocycles. The van der Waals surface area contributed by atoms with Crippen molar-refractivity contribution < 1.29 is 28.2 Å². The fraction of sp³-hybridized carbons (Fsp3) is 0.176. The molecule has 0 spiro atoms. The van der Waals surface area contributed by atoms with Crippen molar-refractivity contribution in [3.05, 3.63) is 53.3 Å². The maximum absolute atomic E-state index is 13.6. The lowest BCUT2D eigenvalue weighted by atomic mass is 10.1. The summed E-state index contributed by atoms with van der Waals surface area (Å²) in [6.07, 6.45) is 0. The summed E-state index contributed by atoms with van der Waals surface area (Å²) in [5.74, 6) is -1.39. The molecule has 0 bridgehead atoms. The van der Waals surface area contributed by atoms with E-state index in [4.69, 9.17) is 14.2 Å². The van der Waals surface area contributed by atoms with E-state index in [1.807, 2.05) is 0 Å². The SMILES string of the molecule is COc1ccc(C(=O)NNC(=O)c2ccccc2F)c(OC)c1OC. The van der Waals surface area contributed by atoms with Crippen LogP contribution >= 0.6 is 0 Å². The minimum atomic E-state index is -0.786. The van der Waals surface area contributed by atoms with Gasteiger partial charge in [-0.05, 0) is 24.3 Å². The summed E-state index contributed by atoms with van der Waals surface area (Å²) < 4.78 is 29.1. The molecule has 25 heavy (non-hydrogen) atoms. The molecule has 7 nitrogen and oxygen atoms in total. The molecule has 8 heteroatoms. The zero-order chi connectivity index (χ0) is 18.4. The summed E-state index contributed by atoms with van der Waals surface area (Å²) in [6, 6.07) is 8.39. The van der Waals surface area contributed by atoms with Gasteiger partial charge in [-0.25, -0.2) is 4.39 Å². The third-order valence-electron chi connectivity index (χ3n) is 3.36. The number of rotatable bonds is 5. The number of nitrogens with one attached hydrogen (secondary N) is 2. The standard InChI is InChI=1S/C17H17FN2O5/c1-23-13-9-8-11(14(24-2)15(13)25-3)17(22)20-19-16(21)10-6-4-5-7-12(10)18/h4-9H,1-3H3,(H,19,21)(H,20,22). The Labute approximate surface area is 143 Å². The second kappa shape index (κ2) is 8.00. The number of hydrogen-bond donors (Lipinski definition) is 2. The molecule has 0 radical (unpaired) electrons. The highest BCUT2D eigenvalue weighted by Crippen LogP contribution is 2.39. The van der Waals surface area contributed by atoms with Crippen molar-refractivity contribution >= 4 is 11.8 Å². The van der Waals surface area contributed by atoms with Crippen LogP contribution < -0.4 is 25.1 Å². The Morgan fingerprint density at radius 3 is 1.96 bits per heavy atom. The molecule has 2 rings (SSSR count). The molecule has 0 unspecified atom stereocenters. The lowest BCUT2D eigenvalue weighted by molar-refractivity contribution is 0.0842. The molecule has 0 saturated heterocycles. The first-order chi connectivity index (χ1) is 12.0. The Hall–Kier alpha value is -3.29. The van der Waals surface area contributed by atoms with Crippen LogP contribution in [0.1, 0.15) is 20.7 Å². The fourth-order valence-electron chi connectivity index (χ4n) is 2.17. The number of carbonyl (C=O) groups excluding carboxylic acids is 2. The van der Waals surface area contributed by atoms with Crippen LogP contribution in [0.4, 0.5) is 4.39 Å². The van der Waals surface area contributed by atoms with Crippen molar-refractivity contribution in [2.75, 3.05) is 21.3 Å². The molecule has 0 aromatic heterocycles. The van der Waals surface area contributed by atoms with E-state index >= 15 is 0 Å². The van der Waals surface area contributed by atoms with E-state index in [9.17, 15) is 14.0 Å². The van der Waals surface area contributed by atoms with Crippen molar-refractivity contribution in [3.63, 3.8) is 0 Å². The van der Waals surface area contributed by atoms with Gasteiger partial charge >= 0.3 is 0 Å². The molecule has 2 N–H and O–H groups in total. The Morgan fingerprint density at radius 2 is 1.40 bits per heavy atom. The number of hydrogen-bond acceptors (Lipinski definition) is 5. The molecule has 0 heterocycles. The molecule has 2 aromatic rings. The molecule has 0 saturated carbocycles. The molecule has 0 atom stereocenters. The Kier molecular flexibility index (Phi) is 5.78. The molecular formula is C17H17FN2O5. The van der Waals surface area contributed by atoms with Gasteiger partial charge in [0, 0.05) is 0 Å². The Bertz CT molecular complexity index is 795. The third kappa shape index (κ3) is 3.79. The fourth-order valence-corrected chi connectivity index (χ4v) is 2.17. The molecule has 0 aliphatic heterocycles. The van der Waals surface area contributed by atoms with E-state index in [0.717, 1.165) is 6.07 Å². The van der Waals surface area contributed by atoms with Crippen LogP contribution in [0.3, 0.4) is 0 Å². The van der Waals surface area contributed by atoms with E-state index in [0.29, 0.717) is 5.75 Å². The highest BCUT2D eigenvalue weighted by molar-refractivity contribution is 6.01. The number of amides is 2. The van der Waals surface area contributed by atoms with E-state index < -0.39 is 17.6 Å². The Balaban J connectivity index is 2.19. The normalized spacial score (nSPS) is 9.92. The highest BCUT2D eigenvalue weighted by Gasteiger charge is 2.21. The summed E-state index contributed by atoms with van der Waals surface area (Å²) in [7, 11) is 4.22. The molecule has 0 aliphatic carbocycles. The quantitative estimate of drug-likeness (QED) is 0.807. The number of methoxy groups -OCH3 is 3.